The number of carbonyl (C=O) groups is 3. The molecule has 1 aliphatic heterocycles. The monoisotopic (exact) mass is 461 g/mol. The van der Waals surface area contributed by atoms with Crippen molar-refractivity contribution in [3.63, 3.8) is 0 Å². The molecular formula is C24H35N3O6. The normalized spacial score (nSPS) is 25.2. The van der Waals surface area contributed by atoms with Gasteiger partial charge in [-0.1, -0.05) is 6.07 Å². The molecule has 1 saturated carbocycles. The van der Waals surface area contributed by atoms with Crippen molar-refractivity contribution in [3.8, 4) is 0 Å². The van der Waals surface area contributed by atoms with Crippen LogP contribution in [0.4, 0.5) is 0 Å². The van der Waals surface area contributed by atoms with Crippen molar-refractivity contribution >= 4 is 17.8 Å². The second-order valence-corrected chi connectivity index (χ2v) is 8.66. The number of esters is 1. The first kappa shape index (κ1) is 25.1. The summed E-state index contributed by atoms with van der Waals surface area (Å²) in [7, 11) is 3.12. The Balaban J connectivity index is 1.32. The average Bonchev–Trinajstić information content (AvgIpc) is 3.14. The molecule has 3 rings (SSSR count). The Morgan fingerprint density at radius 3 is 2.48 bits per heavy atom. The lowest BCUT2D eigenvalue weighted by atomic mass is 9.94. The molecule has 1 saturated heterocycles. The number of aromatic nitrogens is 1. The van der Waals surface area contributed by atoms with E-state index in [1.807, 2.05) is 12.1 Å². The van der Waals surface area contributed by atoms with Crippen LogP contribution in [0.2, 0.25) is 0 Å². The zero-order chi connectivity index (χ0) is 23.6. The van der Waals surface area contributed by atoms with E-state index in [1.54, 1.807) is 24.3 Å². The van der Waals surface area contributed by atoms with Gasteiger partial charge < -0.3 is 24.4 Å². The number of nitrogens with one attached hydrogen (secondary N) is 1. The third-order valence-electron chi connectivity index (χ3n) is 6.43. The number of amides is 2. The summed E-state index contributed by atoms with van der Waals surface area (Å²) in [6.45, 7) is 1.42. The van der Waals surface area contributed by atoms with Crippen LogP contribution in [0, 0.1) is 5.92 Å². The summed E-state index contributed by atoms with van der Waals surface area (Å²) < 4.78 is 16.4. The molecule has 2 heterocycles. The van der Waals surface area contributed by atoms with Crippen LogP contribution in [0.1, 0.15) is 56.6 Å². The zero-order valence-corrected chi connectivity index (χ0v) is 19.5. The molecule has 9 heteroatoms. The SMILES string of the molecule is COC(=O)CCCOC1CCC(OCCNC(=O)[C@H]2CC(=O)N(C)[C@@H]2c2cccnc2)CC1. The van der Waals surface area contributed by atoms with E-state index in [0.29, 0.717) is 32.6 Å². The van der Waals surface area contributed by atoms with E-state index in [4.69, 9.17) is 9.47 Å². The van der Waals surface area contributed by atoms with Gasteiger partial charge in [-0.05, 0) is 43.7 Å². The molecule has 0 bridgehead atoms. The highest BCUT2D eigenvalue weighted by atomic mass is 16.5. The summed E-state index contributed by atoms with van der Waals surface area (Å²) in [5.41, 5.74) is 0.867. The number of ether oxygens (including phenoxy) is 3. The van der Waals surface area contributed by atoms with E-state index in [-0.39, 0.29) is 42.5 Å². The van der Waals surface area contributed by atoms with Gasteiger partial charge in [0, 0.05) is 45.4 Å². The summed E-state index contributed by atoms with van der Waals surface area (Å²) >= 11 is 0. The van der Waals surface area contributed by atoms with Gasteiger partial charge in [0.1, 0.15) is 0 Å². The van der Waals surface area contributed by atoms with Crippen molar-refractivity contribution in [1.82, 2.24) is 15.2 Å². The molecule has 2 atom stereocenters. The predicted molar refractivity (Wildman–Crippen MR) is 120 cm³/mol. The first-order valence-corrected chi connectivity index (χ1v) is 11.7. The second-order valence-electron chi connectivity index (χ2n) is 8.66. The first-order valence-electron chi connectivity index (χ1n) is 11.7. The molecule has 182 valence electrons. The van der Waals surface area contributed by atoms with Crippen LogP contribution in [0.3, 0.4) is 0 Å². The summed E-state index contributed by atoms with van der Waals surface area (Å²) in [4.78, 5) is 41.9. The quantitative estimate of drug-likeness (QED) is 0.397. The molecule has 1 aromatic heterocycles. The van der Waals surface area contributed by atoms with Crippen LogP contribution in [0.5, 0.6) is 0 Å². The minimum atomic E-state index is -0.432. The standard InChI is InChI=1S/C24H35N3O6/c1-27-21(28)15-20(23(27)17-5-3-11-25-16-17)24(30)26-12-14-33-19-9-7-18(8-10-19)32-13-4-6-22(29)31-2/h3,5,11,16,18-20,23H,4,6-10,12-15H2,1-2H3,(H,26,30)/t18?,19?,20-,23+/m0/s1. The Morgan fingerprint density at radius 1 is 1.15 bits per heavy atom. The molecule has 0 unspecified atom stereocenters. The van der Waals surface area contributed by atoms with Gasteiger partial charge >= 0.3 is 5.97 Å². The van der Waals surface area contributed by atoms with Gasteiger partial charge in [-0.3, -0.25) is 19.4 Å². The third-order valence-corrected chi connectivity index (χ3v) is 6.43. The number of pyridine rings is 1. The lowest BCUT2D eigenvalue weighted by molar-refractivity contribution is -0.141. The first-order chi connectivity index (χ1) is 16.0. The largest absolute Gasteiger partial charge is 0.469 e. The Hall–Kier alpha value is -2.52. The number of nitrogens with zero attached hydrogens (tertiary/aromatic N) is 2. The second kappa shape index (κ2) is 12.6. The predicted octanol–water partition coefficient (Wildman–Crippen LogP) is 2.01. The minimum Gasteiger partial charge on any atom is -0.469 e. The topological polar surface area (TPSA) is 107 Å². The Bertz CT molecular complexity index is 782. The number of hydrogen-bond acceptors (Lipinski definition) is 7. The highest BCUT2D eigenvalue weighted by Gasteiger charge is 2.42. The van der Waals surface area contributed by atoms with Crippen molar-refractivity contribution in [1.29, 1.82) is 0 Å². The van der Waals surface area contributed by atoms with E-state index in [2.05, 4.69) is 15.0 Å². The maximum absolute atomic E-state index is 12.8. The molecule has 1 aliphatic carbocycles. The van der Waals surface area contributed by atoms with Gasteiger partial charge in [-0.2, -0.15) is 0 Å². The molecule has 0 spiro atoms. The fourth-order valence-corrected chi connectivity index (χ4v) is 4.58. The Labute approximate surface area is 195 Å². The van der Waals surface area contributed by atoms with E-state index in [9.17, 15) is 14.4 Å². The van der Waals surface area contributed by atoms with Crippen LogP contribution >= 0.6 is 0 Å². The maximum Gasteiger partial charge on any atom is 0.305 e. The fourth-order valence-electron chi connectivity index (χ4n) is 4.58. The van der Waals surface area contributed by atoms with E-state index in [1.165, 1.54) is 7.11 Å². The molecule has 0 aromatic carbocycles. The third kappa shape index (κ3) is 7.23. The van der Waals surface area contributed by atoms with Crippen molar-refractivity contribution in [3.05, 3.63) is 30.1 Å². The van der Waals surface area contributed by atoms with Crippen LogP contribution in [-0.4, -0.2) is 73.8 Å². The van der Waals surface area contributed by atoms with Crippen molar-refractivity contribution in [2.24, 2.45) is 5.92 Å². The van der Waals surface area contributed by atoms with Crippen LogP contribution in [0.25, 0.3) is 0 Å². The molecule has 33 heavy (non-hydrogen) atoms. The van der Waals surface area contributed by atoms with Crippen molar-refractivity contribution in [2.75, 3.05) is 33.9 Å². The number of carbonyl (C=O) groups excluding carboxylic acids is 3. The summed E-state index contributed by atoms with van der Waals surface area (Å²) in [6, 6.07) is 3.42. The molecule has 2 aliphatic rings. The van der Waals surface area contributed by atoms with Gasteiger partial charge in [0.15, 0.2) is 0 Å². The average molecular weight is 462 g/mol. The van der Waals surface area contributed by atoms with Crippen LogP contribution in [-0.2, 0) is 28.6 Å². The molecule has 2 fully saturated rings. The number of methoxy groups -OCH3 is 1. The van der Waals surface area contributed by atoms with Crippen molar-refractivity contribution in [2.45, 2.75) is 63.2 Å². The van der Waals surface area contributed by atoms with Gasteiger partial charge in [-0.15, -0.1) is 0 Å². The Morgan fingerprint density at radius 2 is 1.85 bits per heavy atom. The Kier molecular flexibility index (Phi) is 9.62. The minimum absolute atomic E-state index is 0.0375. The van der Waals surface area contributed by atoms with Gasteiger partial charge in [0.05, 0.1) is 37.9 Å². The van der Waals surface area contributed by atoms with Crippen LogP contribution in [0.15, 0.2) is 24.5 Å². The lowest BCUT2D eigenvalue weighted by Crippen LogP contribution is -2.37. The zero-order valence-electron chi connectivity index (χ0n) is 19.5. The summed E-state index contributed by atoms with van der Waals surface area (Å²) in [5, 5.41) is 2.94. The molecular weight excluding hydrogens is 426 g/mol. The van der Waals surface area contributed by atoms with Crippen molar-refractivity contribution < 1.29 is 28.6 Å². The molecule has 1 aromatic rings. The van der Waals surface area contributed by atoms with Gasteiger partial charge in [-0.25, -0.2) is 0 Å². The summed E-state index contributed by atoms with van der Waals surface area (Å²) in [6.07, 6.45) is 8.72. The highest BCUT2D eigenvalue weighted by molar-refractivity contribution is 5.90. The lowest BCUT2D eigenvalue weighted by Gasteiger charge is -2.29. The number of rotatable bonds is 11. The number of hydrogen-bond donors (Lipinski definition) is 1. The van der Waals surface area contributed by atoms with E-state index >= 15 is 0 Å². The maximum atomic E-state index is 12.8. The smallest absolute Gasteiger partial charge is 0.305 e. The summed E-state index contributed by atoms with van der Waals surface area (Å²) in [5.74, 6) is -0.806. The molecule has 2 amide bonds. The van der Waals surface area contributed by atoms with Gasteiger partial charge in [0.25, 0.3) is 0 Å². The van der Waals surface area contributed by atoms with Gasteiger partial charge in [0.2, 0.25) is 11.8 Å². The number of likely N-dealkylation sites (tertiary alicyclic amines) is 1. The van der Waals surface area contributed by atoms with E-state index < -0.39 is 5.92 Å². The molecule has 9 nitrogen and oxygen atoms in total. The fraction of sp³-hybridized carbons (Fsp3) is 0.667. The molecule has 0 radical (unpaired) electrons. The van der Waals surface area contributed by atoms with Crippen LogP contribution < -0.4 is 5.32 Å². The molecule has 1 N–H and O–H groups in total. The van der Waals surface area contributed by atoms with E-state index in [0.717, 1.165) is 31.2 Å². The highest BCUT2D eigenvalue weighted by Crippen LogP contribution is 2.36.